The van der Waals surface area contributed by atoms with Crippen molar-refractivity contribution in [3.8, 4) is 5.75 Å². The molecule has 1 fully saturated rings. The quantitative estimate of drug-likeness (QED) is 0.691. The van der Waals surface area contributed by atoms with Gasteiger partial charge in [-0.05, 0) is 38.3 Å². The number of aromatic nitrogens is 4. The number of hydrogen-bond acceptors (Lipinski definition) is 7. The molecule has 30 heavy (non-hydrogen) atoms. The summed E-state index contributed by atoms with van der Waals surface area (Å²) in [6.07, 6.45) is 6.30. The molecule has 3 aromatic rings. The summed E-state index contributed by atoms with van der Waals surface area (Å²) in [4.78, 5) is 40.9. The molecule has 1 aromatic carbocycles. The summed E-state index contributed by atoms with van der Waals surface area (Å²) in [6.45, 7) is 3.46. The number of carbonyl (C=O) groups is 1. The highest BCUT2D eigenvalue weighted by Gasteiger charge is 2.20. The molecule has 9 nitrogen and oxygen atoms in total. The molecule has 1 N–H and O–H groups in total. The van der Waals surface area contributed by atoms with E-state index < -0.39 is 6.04 Å². The van der Waals surface area contributed by atoms with E-state index >= 15 is 0 Å². The molecule has 1 aliphatic heterocycles. The lowest BCUT2D eigenvalue weighted by atomic mass is 10.1. The van der Waals surface area contributed by atoms with Crippen molar-refractivity contribution in [3.63, 3.8) is 0 Å². The number of fused-ring (bicyclic) bond motifs is 1. The van der Waals surface area contributed by atoms with Crippen molar-refractivity contribution < 1.29 is 9.53 Å². The van der Waals surface area contributed by atoms with E-state index in [-0.39, 0.29) is 11.5 Å². The number of nitrogens with zero attached hydrogens (tertiary/aromatic N) is 5. The normalized spacial score (nSPS) is 15.1. The fraction of sp³-hybridized carbons (Fsp3) is 0.381. The van der Waals surface area contributed by atoms with Crippen LogP contribution in [-0.2, 0) is 4.79 Å². The van der Waals surface area contributed by atoms with Crippen LogP contribution in [0.1, 0.15) is 32.2 Å². The van der Waals surface area contributed by atoms with E-state index in [2.05, 4.69) is 25.2 Å². The van der Waals surface area contributed by atoms with Crippen LogP contribution in [0, 0.1) is 0 Å². The maximum absolute atomic E-state index is 12.9. The number of carbonyl (C=O) groups excluding carboxylic acids is 1. The number of amides is 1. The van der Waals surface area contributed by atoms with E-state index in [9.17, 15) is 9.59 Å². The maximum atomic E-state index is 12.9. The first-order chi connectivity index (χ1) is 14.6. The van der Waals surface area contributed by atoms with Gasteiger partial charge >= 0.3 is 0 Å². The van der Waals surface area contributed by atoms with E-state index in [1.54, 1.807) is 38.3 Å². The molecular formula is C21H24N6O3. The van der Waals surface area contributed by atoms with Crippen LogP contribution in [0.3, 0.4) is 0 Å². The predicted molar refractivity (Wildman–Crippen MR) is 114 cm³/mol. The minimum absolute atomic E-state index is 0.291. The molecule has 0 radical (unpaired) electrons. The number of methoxy groups -OCH3 is 1. The van der Waals surface area contributed by atoms with Crippen LogP contribution >= 0.6 is 0 Å². The summed E-state index contributed by atoms with van der Waals surface area (Å²) in [7, 11) is 1.56. The second kappa shape index (κ2) is 8.48. The Kier molecular flexibility index (Phi) is 5.60. The topological polar surface area (TPSA) is 102 Å². The first kappa shape index (κ1) is 19.8. The van der Waals surface area contributed by atoms with Gasteiger partial charge in [-0.15, -0.1) is 0 Å². The number of benzene rings is 1. The Morgan fingerprint density at radius 1 is 1.20 bits per heavy atom. The number of rotatable bonds is 5. The van der Waals surface area contributed by atoms with Crippen molar-refractivity contribution in [2.24, 2.45) is 0 Å². The second-order valence-corrected chi connectivity index (χ2v) is 7.31. The van der Waals surface area contributed by atoms with Crippen LogP contribution in [0.2, 0.25) is 0 Å². The first-order valence-corrected chi connectivity index (χ1v) is 10.0. The van der Waals surface area contributed by atoms with Crippen LogP contribution in [0.4, 0.5) is 11.6 Å². The van der Waals surface area contributed by atoms with Gasteiger partial charge < -0.3 is 15.0 Å². The zero-order valence-electron chi connectivity index (χ0n) is 17.0. The molecule has 1 unspecified atom stereocenters. The van der Waals surface area contributed by atoms with Crippen LogP contribution in [-0.4, -0.2) is 45.6 Å². The Labute approximate surface area is 173 Å². The zero-order valence-corrected chi connectivity index (χ0v) is 17.0. The van der Waals surface area contributed by atoms with Crippen molar-refractivity contribution in [1.29, 1.82) is 0 Å². The standard InChI is InChI=1S/C21H24N6O3/c1-14(19(28)24-15-7-6-8-16(11-15)30-2)27-13-23-18-17(20(27)29)12-22-21(25-18)26-9-4-3-5-10-26/h6-8,11-14H,3-5,9-10H2,1-2H3,(H,24,28). The summed E-state index contributed by atoms with van der Waals surface area (Å²) in [5, 5.41) is 3.09. The summed E-state index contributed by atoms with van der Waals surface area (Å²) in [5.74, 6) is 0.889. The van der Waals surface area contributed by atoms with Crippen molar-refractivity contribution >= 4 is 28.6 Å². The highest BCUT2D eigenvalue weighted by Crippen LogP contribution is 2.19. The molecule has 0 spiro atoms. The minimum atomic E-state index is -0.762. The molecule has 4 rings (SSSR count). The van der Waals surface area contributed by atoms with Gasteiger partial charge in [0.25, 0.3) is 5.56 Å². The summed E-state index contributed by atoms with van der Waals surface area (Å²) >= 11 is 0. The molecular weight excluding hydrogens is 384 g/mol. The third kappa shape index (κ3) is 3.96. The molecule has 2 aromatic heterocycles. The van der Waals surface area contributed by atoms with Crippen molar-refractivity contribution in [2.75, 3.05) is 30.4 Å². The molecule has 1 saturated heterocycles. The molecule has 0 aliphatic carbocycles. The molecule has 156 valence electrons. The fourth-order valence-electron chi connectivity index (χ4n) is 3.52. The molecule has 1 amide bonds. The largest absolute Gasteiger partial charge is 0.497 e. The Bertz CT molecular complexity index is 1120. The summed E-state index contributed by atoms with van der Waals surface area (Å²) < 4.78 is 6.46. The van der Waals surface area contributed by atoms with Gasteiger partial charge in [-0.2, -0.15) is 4.98 Å². The number of ether oxygens (including phenoxy) is 1. The minimum Gasteiger partial charge on any atom is -0.497 e. The van der Waals surface area contributed by atoms with Gasteiger partial charge in [0.05, 0.1) is 7.11 Å². The van der Waals surface area contributed by atoms with E-state index in [4.69, 9.17) is 4.74 Å². The Balaban J connectivity index is 1.57. The van der Waals surface area contributed by atoms with Gasteiger partial charge in [0.2, 0.25) is 11.9 Å². The molecule has 3 heterocycles. The lowest BCUT2D eigenvalue weighted by Crippen LogP contribution is -2.33. The van der Waals surface area contributed by atoms with E-state index in [1.165, 1.54) is 23.5 Å². The Hall–Kier alpha value is -3.49. The Morgan fingerprint density at radius 3 is 2.77 bits per heavy atom. The number of piperidine rings is 1. The van der Waals surface area contributed by atoms with Gasteiger partial charge in [0.1, 0.15) is 23.5 Å². The molecule has 0 saturated carbocycles. The molecule has 9 heteroatoms. The lowest BCUT2D eigenvalue weighted by molar-refractivity contribution is -0.118. The second-order valence-electron chi connectivity index (χ2n) is 7.31. The lowest BCUT2D eigenvalue weighted by Gasteiger charge is -2.26. The smallest absolute Gasteiger partial charge is 0.265 e. The van der Waals surface area contributed by atoms with E-state index in [0.29, 0.717) is 28.4 Å². The fourth-order valence-corrected chi connectivity index (χ4v) is 3.52. The Morgan fingerprint density at radius 2 is 2.00 bits per heavy atom. The van der Waals surface area contributed by atoms with Crippen molar-refractivity contribution in [2.45, 2.75) is 32.2 Å². The summed E-state index contributed by atoms with van der Waals surface area (Å²) in [6, 6.07) is 6.27. The van der Waals surface area contributed by atoms with Crippen LogP contribution < -0.4 is 20.5 Å². The summed E-state index contributed by atoms with van der Waals surface area (Å²) in [5.41, 5.74) is 0.577. The first-order valence-electron chi connectivity index (χ1n) is 10.0. The number of hydrogen-bond donors (Lipinski definition) is 1. The average Bonchev–Trinajstić information content (AvgIpc) is 2.79. The highest BCUT2D eigenvalue weighted by molar-refractivity contribution is 5.93. The van der Waals surface area contributed by atoms with Gasteiger partial charge in [0, 0.05) is 31.0 Å². The van der Waals surface area contributed by atoms with Crippen LogP contribution in [0.25, 0.3) is 11.0 Å². The average molecular weight is 408 g/mol. The van der Waals surface area contributed by atoms with Crippen molar-refractivity contribution in [3.05, 3.63) is 47.1 Å². The highest BCUT2D eigenvalue weighted by atomic mass is 16.5. The third-order valence-electron chi connectivity index (χ3n) is 5.30. The SMILES string of the molecule is COc1cccc(NC(=O)C(C)n2cnc3nc(N4CCCCC4)ncc3c2=O)c1. The molecule has 1 atom stereocenters. The van der Waals surface area contributed by atoms with E-state index in [0.717, 1.165) is 25.9 Å². The van der Waals surface area contributed by atoms with E-state index in [1.807, 2.05) is 0 Å². The monoisotopic (exact) mass is 408 g/mol. The maximum Gasteiger partial charge on any atom is 0.265 e. The van der Waals surface area contributed by atoms with Crippen LogP contribution in [0.5, 0.6) is 5.75 Å². The van der Waals surface area contributed by atoms with Gasteiger partial charge in [-0.1, -0.05) is 6.07 Å². The van der Waals surface area contributed by atoms with Gasteiger partial charge in [-0.25, -0.2) is 9.97 Å². The predicted octanol–water partition coefficient (Wildman–Crippen LogP) is 2.39. The van der Waals surface area contributed by atoms with Gasteiger partial charge in [-0.3, -0.25) is 14.2 Å². The third-order valence-corrected chi connectivity index (χ3v) is 5.30. The van der Waals surface area contributed by atoms with Gasteiger partial charge in [0.15, 0.2) is 5.65 Å². The molecule has 1 aliphatic rings. The zero-order chi connectivity index (χ0) is 21.1. The van der Waals surface area contributed by atoms with Crippen LogP contribution in [0.15, 0.2) is 41.6 Å². The number of anilines is 2. The molecule has 0 bridgehead atoms. The van der Waals surface area contributed by atoms with Crippen molar-refractivity contribution in [1.82, 2.24) is 19.5 Å². The number of nitrogens with one attached hydrogen (secondary N) is 1.